The van der Waals surface area contributed by atoms with Gasteiger partial charge in [0.2, 0.25) is 5.88 Å². The molecule has 2 aromatic rings. The molecule has 0 unspecified atom stereocenters. The van der Waals surface area contributed by atoms with Crippen LogP contribution in [0.5, 0.6) is 5.88 Å². The van der Waals surface area contributed by atoms with E-state index in [9.17, 15) is 0 Å². The van der Waals surface area contributed by atoms with Crippen molar-refractivity contribution in [3.8, 4) is 5.88 Å². The Labute approximate surface area is 93.3 Å². The summed E-state index contributed by atoms with van der Waals surface area (Å²) in [5, 5.41) is 7.25. The van der Waals surface area contributed by atoms with Crippen LogP contribution in [0.2, 0.25) is 0 Å². The maximum atomic E-state index is 5.27. The van der Waals surface area contributed by atoms with Crippen molar-refractivity contribution in [3.05, 3.63) is 24.7 Å². The van der Waals surface area contributed by atoms with E-state index in [4.69, 9.17) is 4.74 Å². The minimum absolute atomic E-state index is 0.552. The lowest BCUT2D eigenvalue weighted by atomic mass is 10.5. The Morgan fingerprint density at radius 2 is 2.25 bits per heavy atom. The zero-order chi connectivity index (χ0) is 11.4. The second kappa shape index (κ2) is 4.61. The molecule has 0 aliphatic rings. The van der Waals surface area contributed by atoms with Crippen molar-refractivity contribution >= 4 is 11.6 Å². The van der Waals surface area contributed by atoms with Crippen LogP contribution in [0.25, 0.3) is 0 Å². The summed E-state index contributed by atoms with van der Waals surface area (Å²) in [5.74, 6) is 1.96. The lowest BCUT2D eigenvalue weighted by Gasteiger charge is -2.04. The van der Waals surface area contributed by atoms with Gasteiger partial charge in [-0.2, -0.15) is 5.10 Å². The van der Waals surface area contributed by atoms with E-state index < -0.39 is 0 Å². The molecule has 0 atom stereocenters. The van der Waals surface area contributed by atoms with Gasteiger partial charge in [-0.05, 0) is 6.92 Å². The van der Waals surface area contributed by atoms with Gasteiger partial charge in [-0.1, -0.05) is 0 Å². The Bertz CT molecular complexity index is 468. The Balaban J connectivity index is 2.12. The summed E-state index contributed by atoms with van der Waals surface area (Å²) in [6.45, 7) is 2.49. The van der Waals surface area contributed by atoms with Crippen LogP contribution < -0.4 is 10.1 Å². The Kier molecular flexibility index (Phi) is 3.00. The van der Waals surface area contributed by atoms with E-state index in [2.05, 4.69) is 20.4 Å². The minimum Gasteiger partial charge on any atom is -0.478 e. The molecule has 0 amide bonds. The number of rotatable bonds is 4. The van der Waals surface area contributed by atoms with Crippen molar-refractivity contribution in [1.29, 1.82) is 0 Å². The molecule has 6 heteroatoms. The summed E-state index contributed by atoms with van der Waals surface area (Å²) in [6, 6.07) is 3.60. The van der Waals surface area contributed by atoms with Crippen LogP contribution in [0.15, 0.2) is 24.7 Å². The van der Waals surface area contributed by atoms with Gasteiger partial charge in [-0.3, -0.25) is 4.68 Å². The van der Waals surface area contributed by atoms with Crippen LogP contribution in [0, 0.1) is 0 Å². The molecule has 0 aromatic carbocycles. The number of aromatic nitrogens is 4. The van der Waals surface area contributed by atoms with E-state index in [-0.39, 0.29) is 0 Å². The first-order valence-electron chi connectivity index (χ1n) is 4.99. The number of nitrogens with one attached hydrogen (secondary N) is 1. The molecule has 1 N–H and O–H groups in total. The Morgan fingerprint density at radius 3 is 2.94 bits per heavy atom. The molecule has 0 radical (unpaired) electrons. The number of hydrogen-bond donors (Lipinski definition) is 1. The quantitative estimate of drug-likeness (QED) is 0.840. The normalized spacial score (nSPS) is 10.1. The lowest BCUT2D eigenvalue weighted by Crippen LogP contribution is -1.99. The van der Waals surface area contributed by atoms with Crippen LogP contribution in [-0.4, -0.2) is 26.4 Å². The van der Waals surface area contributed by atoms with Gasteiger partial charge < -0.3 is 10.1 Å². The Hall–Kier alpha value is -2.11. The summed E-state index contributed by atoms with van der Waals surface area (Å²) >= 11 is 0. The molecule has 2 aromatic heterocycles. The number of ether oxygens (including phenoxy) is 1. The molecule has 2 heterocycles. The first-order chi connectivity index (χ1) is 7.78. The molecular weight excluding hydrogens is 206 g/mol. The molecule has 0 fully saturated rings. The molecule has 0 spiro atoms. The minimum atomic E-state index is 0.552. The third kappa shape index (κ3) is 2.47. The third-order valence-corrected chi connectivity index (χ3v) is 1.90. The number of nitrogens with zero attached hydrogens (tertiary/aromatic N) is 4. The second-order valence-corrected chi connectivity index (χ2v) is 3.17. The molecular formula is C10H13N5O. The average Bonchev–Trinajstić information content (AvgIpc) is 2.65. The van der Waals surface area contributed by atoms with Crippen LogP contribution in [0.3, 0.4) is 0 Å². The first-order valence-corrected chi connectivity index (χ1v) is 4.99. The zero-order valence-electron chi connectivity index (χ0n) is 9.21. The standard InChI is InChI=1S/C10H13N5O/c1-3-16-10-6-9(11-7-12-10)13-8-4-5-15(2)14-8/h4-7H,3H2,1-2H3,(H,11,12,13,14). The average molecular weight is 219 g/mol. The molecule has 0 saturated heterocycles. The number of aryl methyl sites for hydroxylation is 1. The highest BCUT2D eigenvalue weighted by atomic mass is 16.5. The van der Waals surface area contributed by atoms with Gasteiger partial charge in [0.05, 0.1) is 6.61 Å². The maximum absolute atomic E-state index is 5.27. The molecule has 0 bridgehead atoms. The first kappa shape index (κ1) is 10.4. The molecule has 0 aliphatic heterocycles. The van der Waals surface area contributed by atoms with E-state index in [1.54, 1.807) is 10.7 Å². The van der Waals surface area contributed by atoms with Gasteiger partial charge in [0.1, 0.15) is 12.1 Å². The monoisotopic (exact) mass is 219 g/mol. The van der Waals surface area contributed by atoms with Gasteiger partial charge in [-0.15, -0.1) is 0 Å². The summed E-state index contributed by atoms with van der Waals surface area (Å²) in [4.78, 5) is 8.05. The summed E-state index contributed by atoms with van der Waals surface area (Å²) < 4.78 is 6.99. The lowest BCUT2D eigenvalue weighted by molar-refractivity contribution is 0.326. The fourth-order valence-corrected chi connectivity index (χ4v) is 1.25. The third-order valence-electron chi connectivity index (χ3n) is 1.90. The highest BCUT2D eigenvalue weighted by Gasteiger charge is 2.01. The van der Waals surface area contributed by atoms with Crippen LogP contribution >= 0.6 is 0 Å². The van der Waals surface area contributed by atoms with Crippen molar-refractivity contribution in [2.24, 2.45) is 7.05 Å². The molecule has 16 heavy (non-hydrogen) atoms. The highest BCUT2D eigenvalue weighted by Crippen LogP contribution is 2.15. The smallest absolute Gasteiger partial charge is 0.218 e. The van der Waals surface area contributed by atoms with Crippen LogP contribution in [0.1, 0.15) is 6.92 Å². The fraction of sp³-hybridized carbons (Fsp3) is 0.300. The fourth-order valence-electron chi connectivity index (χ4n) is 1.25. The van der Waals surface area contributed by atoms with Crippen molar-refractivity contribution in [3.63, 3.8) is 0 Å². The second-order valence-electron chi connectivity index (χ2n) is 3.17. The van der Waals surface area contributed by atoms with Crippen LogP contribution in [0.4, 0.5) is 11.6 Å². The summed E-state index contributed by atoms with van der Waals surface area (Å²) in [5.41, 5.74) is 0. The van der Waals surface area contributed by atoms with Gasteiger partial charge >= 0.3 is 0 Å². The van der Waals surface area contributed by atoms with E-state index in [0.29, 0.717) is 18.3 Å². The number of anilines is 2. The molecule has 2 rings (SSSR count). The topological polar surface area (TPSA) is 64.9 Å². The zero-order valence-corrected chi connectivity index (χ0v) is 9.21. The highest BCUT2D eigenvalue weighted by molar-refractivity contribution is 5.51. The molecule has 6 nitrogen and oxygen atoms in total. The van der Waals surface area contributed by atoms with Gasteiger partial charge in [0, 0.05) is 25.4 Å². The van der Waals surface area contributed by atoms with Crippen LogP contribution in [-0.2, 0) is 7.05 Å². The van der Waals surface area contributed by atoms with Gasteiger partial charge in [0.15, 0.2) is 5.82 Å². The van der Waals surface area contributed by atoms with Crippen molar-refractivity contribution in [1.82, 2.24) is 19.7 Å². The van der Waals surface area contributed by atoms with Crippen molar-refractivity contribution < 1.29 is 4.74 Å². The van der Waals surface area contributed by atoms with E-state index >= 15 is 0 Å². The predicted molar refractivity (Wildman–Crippen MR) is 59.7 cm³/mol. The van der Waals surface area contributed by atoms with Crippen molar-refractivity contribution in [2.75, 3.05) is 11.9 Å². The predicted octanol–water partition coefficient (Wildman–Crippen LogP) is 1.35. The largest absolute Gasteiger partial charge is 0.478 e. The summed E-state index contributed by atoms with van der Waals surface area (Å²) in [7, 11) is 1.86. The molecule has 0 saturated carbocycles. The van der Waals surface area contributed by atoms with E-state index in [0.717, 1.165) is 5.82 Å². The number of hydrogen-bond acceptors (Lipinski definition) is 5. The van der Waals surface area contributed by atoms with Gasteiger partial charge in [-0.25, -0.2) is 9.97 Å². The molecule has 84 valence electrons. The van der Waals surface area contributed by atoms with E-state index in [1.165, 1.54) is 6.33 Å². The SMILES string of the molecule is CCOc1cc(Nc2ccn(C)n2)ncn1. The molecule has 0 aliphatic carbocycles. The Morgan fingerprint density at radius 1 is 1.38 bits per heavy atom. The summed E-state index contributed by atoms with van der Waals surface area (Å²) in [6.07, 6.45) is 3.31. The van der Waals surface area contributed by atoms with Crippen molar-refractivity contribution in [2.45, 2.75) is 6.92 Å². The van der Waals surface area contributed by atoms with E-state index in [1.807, 2.05) is 26.2 Å². The van der Waals surface area contributed by atoms with Gasteiger partial charge in [0.25, 0.3) is 0 Å². The maximum Gasteiger partial charge on any atom is 0.218 e.